The van der Waals surface area contributed by atoms with Crippen LogP contribution in [0, 0.1) is 6.92 Å². The average molecular weight is 236 g/mol. The van der Waals surface area contributed by atoms with Crippen LogP contribution >= 0.6 is 0 Å². The van der Waals surface area contributed by atoms with Gasteiger partial charge >= 0.3 is 0 Å². The molecule has 1 aromatic rings. The van der Waals surface area contributed by atoms with Crippen LogP contribution in [0.4, 0.5) is 0 Å². The third-order valence-electron chi connectivity index (χ3n) is 3.71. The zero-order chi connectivity index (χ0) is 12.0. The largest absolute Gasteiger partial charge is 0.420 e. The van der Waals surface area contributed by atoms with E-state index in [1.807, 2.05) is 7.11 Å². The van der Waals surface area contributed by atoms with Gasteiger partial charge < -0.3 is 4.43 Å². The molecule has 0 aliphatic carbocycles. The van der Waals surface area contributed by atoms with Crippen molar-refractivity contribution < 1.29 is 4.43 Å². The standard InChI is InChI=1S/C14H24OSi/c1-5-16(6-2,15-4)12-11-14-9-7-13(3)8-10-14/h7-10H,5-6,11-12H2,1-4H3. The monoisotopic (exact) mass is 236 g/mol. The highest BCUT2D eigenvalue weighted by molar-refractivity contribution is 6.73. The van der Waals surface area contributed by atoms with Gasteiger partial charge in [0.05, 0.1) is 0 Å². The first-order valence-corrected chi connectivity index (χ1v) is 8.79. The van der Waals surface area contributed by atoms with Crippen LogP contribution in [-0.4, -0.2) is 15.4 Å². The van der Waals surface area contributed by atoms with Crippen LogP contribution in [0.2, 0.25) is 18.1 Å². The van der Waals surface area contributed by atoms with Crippen molar-refractivity contribution in [2.75, 3.05) is 7.11 Å². The molecule has 0 aliphatic rings. The predicted molar refractivity (Wildman–Crippen MR) is 73.4 cm³/mol. The Balaban J connectivity index is 2.58. The fraction of sp³-hybridized carbons (Fsp3) is 0.571. The molecule has 0 radical (unpaired) electrons. The Morgan fingerprint density at radius 3 is 2.06 bits per heavy atom. The minimum absolute atomic E-state index is 1.17. The molecule has 1 nitrogen and oxygen atoms in total. The molecule has 0 N–H and O–H groups in total. The minimum atomic E-state index is -1.41. The van der Waals surface area contributed by atoms with Gasteiger partial charge in [-0.25, -0.2) is 0 Å². The summed E-state index contributed by atoms with van der Waals surface area (Å²) in [6, 6.07) is 12.6. The van der Waals surface area contributed by atoms with E-state index in [4.69, 9.17) is 4.43 Å². The Labute approximate surface area is 101 Å². The van der Waals surface area contributed by atoms with E-state index < -0.39 is 8.32 Å². The molecular weight excluding hydrogens is 212 g/mol. The lowest BCUT2D eigenvalue weighted by molar-refractivity contribution is 0.391. The first-order valence-electron chi connectivity index (χ1n) is 6.26. The van der Waals surface area contributed by atoms with Gasteiger partial charge in [0.1, 0.15) is 0 Å². The first kappa shape index (κ1) is 13.5. The zero-order valence-electron chi connectivity index (χ0n) is 11.0. The van der Waals surface area contributed by atoms with Gasteiger partial charge in [-0.15, -0.1) is 0 Å². The van der Waals surface area contributed by atoms with E-state index in [0.29, 0.717) is 0 Å². The van der Waals surface area contributed by atoms with Crippen LogP contribution in [0.3, 0.4) is 0 Å². The summed E-state index contributed by atoms with van der Waals surface area (Å²) < 4.78 is 5.82. The Hall–Kier alpha value is -0.603. The quantitative estimate of drug-likeness (QED) is 0.674. The molecule has 0 saturated heterocycles. The summed E-state index contributed by atoms with van der Waals surface area (Å²) in [6.45, 7) is 6.68. The van der Waals surface area contributed by atoms with E-state index in [-0.39, 0.29) is 0 Å². The summed E-state index contributed by atoms with van der Waals surface area (Å²) in [5.41, 5.74) is 2.78. The Morgan fingerprint density at radius 2 is 1.62 bits per heavy atom. The molecule has 0 unspecified atom stereocenters. The summed E-state index contributed by atoms with van der Waals surface area (Å²) in [5, 5.41) is 0. The Morgan fingerprint density at radius 1 is 1.06 bits per heavy atom. The van der Waals surface area contributed by atoms with E-state index in [0.717, 1.165) is 0 Å². The first-order chi connectivity index (χ1) is 7.65. The second-order valence-electron chi connectivity index (χ2n) is 4.58. The molecule has 0 heterocycles. The van der Waals surface area contributed by atoms with Gasteiger partial charge in [0.15, 0.2) is 8.32 Å². The van der Waals surface area contributed by atoms with Gasteiger partial charge in [-0.1, -0.05) is 43.7 Å². The lowest BCUT2D eigenvalue weighted by Crippen LogP contribution is -2.35. The normalized spacial score (nSPS) is 11.8. The van der Waals surface area contributed by atoms with Crippen LogP contribution in [0.25, 0.3) is 0 Å². The lowest BCUT2D eigenvalue weighted by atomic mass is 10.1. The number of aryl methyl sites for hydroxylation is 2. The van der Waals surface area contributed by atoms with Crippen molar-refractivity contribution >= 4 is 8.32 Å². The predicted octanol–water partition coefficient (Wildman–Crippen LogP) is 4.17. The highest BCUT2D eigenvalue weighted by Crippen LogP contribution is 2.23. The summed E-state index contributed by atoms with van der Waals surface area (Å²) in [7, 11) is 0.483. The van der Waals surface area contributed by atoms with Crippen LogP contribution in [0.15, 0.2) is 24.3 Å². The number of hydrogen-bond donors (Lipinski definition) is 0. The van der Waals surface area contributed by atoms with E-state index >= 15 is 0 Å². The molecule has 1 aromatic carbocycles. The molecule has 90 valence electrons. The third kappa shape index (κ3) is 3.46. The van der Waals surface area contributed by atoms with E-state index in [2.05, 4.69) is 45.0 Å². The second kappa shape index (κ2) is 6.21. The Bertz CT molecular complexity index is 293. The summed E-state index contributed by atoms with van der Waals surface area (Å²) in [4.78, 5) is 0. The van der Waals surface area contributed by atoms with Crippen molar-refractivity contribution in [2.45, 2.75) is 45.3 Å². The average Bonchev–Trinajstić information content (AvgIpc) is 2.34. The van der Waals surface area contributed by atoms with Gasteiger partial charge in [0.25, 0.3) is 0 Å². The summed E-state index contributed by atoms with van der Waals surface area (Å²) >= 11 is 0. The Kier molecular flexibility index (Phi) is 5.23. The van der Waals surface area contributed by atoms with Gasteiger partial charge in [-0.05, 0) is 37.0 Å². The van der Waals surface area contributed by atoms with Crippen LogP contribution in [0.5, 0.6) is 0 Å². The van der Waals surface area contributed by atoms with Gasteiger partial charge in [-0.3, -0.25) is 0 Å². The zero-order valence-corrected chi connectivity index (χ0v) is 12.0. The highest BCUT2D eigenvalue weighted by Gasteiger charge is 2.28. The van der Waals surface area contributed by atoms with Gasteiger partial charge in [-0.2, -0.15) is 0 Å². The molecule has 1 rings (SSSR count). The second-order valence-corrected chi connectivity index (χ2v) is 9.27. The molecule has 0 aromatic heterocycles. The van der Waals surface area contributed by atoms with Crippen LogP contribution in [0.1, 0.15) is 25.0 Å². The van der Waals surface area contributed by atoms with Crippen molar-refractivity contribution in [2.24, 2.45) is 0 Å². The molecule has 0 bridgehead atoms. The number of rotatable bonds is 6. The van der Waals surface area contributed by atoms with Crippen LogP contribution < -0.4 is 0 Å². The number of benzene rings is 1. The molecule has 0 aliphatic heterocycles. The highest BCUT2D eigenvalue weighted by atomic mass is 28.4. The molecule has 2 heteroatoms. The number of hydrogen-bond acceptors (Lipinski definition) is 1. The van der Waals surface area contributed by atoms with Crippen molar-refractivity contribution in [3.8, 4) is 0 Å². The van der Waals surface area contributed by atoms with E-state index in [1.165, 1.54) is 35.7 Å². The minimum Gasteiger partial charge on any atom is -0.420 e. The molecule has 0 spiro atoms. The molecule has 0 amide bonds. The fourth-order valence-electron chi connectivity index (χ4n) is 2.12. The third-order valence-corrected chi connectivity index (χ3v) is 8.32. The van der Waals surface area contributed by atoms with Gasteiger partial charge in [0.2, 0.25) is 0 Å². The lowest BCUT2D eigenvalue weighted by Gasteiger charge is -2.27. The molecule has 0 fully saturated rings. The molecular formula is C14H24OSi. The van der Waals surface area contributed by atoms with Crippen molar-refractivity contribution in [1.82, 2.24) is 0 Å². The maximum atomic E-state index is 5.82. The maximum Gasteiger partial charge on any atom is 0.192 e. The van der Waals surface area contributed by atoms with Crippen molar-refractivity contribution in [1.29, 1.82) is 0 Å². The van der Waals surface area contributed by atoms with Crippen molar-refractivity contribution in [3.63, 3.8) is 0 Å². The molecule has 0 atom stereocenters. The topological polar surface area (TPSA) is 9.23 Å². The van der Waals surface area contributed by atoms with E-state index in [9.17, 15) is 0 Å². The van der Waals surface area contributed by atoms with Crippen molar-refractivity contribution in [3.05, 3.63) is 35.4 Å². The van der Waals surface area contributed by atoms with E-state index in [1.54, 1.807) is 0 Å². The SMILES string of the molecule is CC[Si](CC)(CCc1ccc(C)cc1)OC. The smallest absolute Gasteiger partial charge is 0.192 e. The molecule has 16 heavy (non-hydrogen) atoms. The maximum absolute atomic E-state index is 5.82. The van der Waals surface area contributed by atoms with Crippen LogP contribution in [-0.2, 0) is 10.8 Å². The van der Waals surface area contributed by atoms with Gasteiger partial charge in [0, 0.05) is 7.11 Å². The fourth-order valence-corrected chi connectivity index (χ4v) is 4.85. The molecule has 0 saturated carbocycles. The summed E-state index contributed by atoms with van der Waals surface area (Å²) in [6.07, 6.45) is 1.17. The summed E-state index contributed by atoms with van der Waals surface area (Å²) in [5.74, 6) is 0.